The van der Waals surface area contributed by atoms with E-state index in [1.165, 1.54) is 74.2 Å². The first kappa shape index (κ1) is 20.5. The zero-order valence-corrected chi connectivity index (χ0v) is 19.1. The predicted molar refractivity (Wildman–Crippen MR) is 140 cm³/mol. The molecule has 0 N–H and O–H groups in total. The third kappa shape index (κ3) is 3.71. The molecule has 0 aliphatic heterocycles. The molecule has 0 unspecified atom stereocenters. The molecular weight excluding hydrogens is 384 g/mol. The minimum Gasteiger partial charge on any atom is -0.0654 e. The van der Waals surface area contributed by atoms with E-state index in [0.717, 1.165) is 6.42 Å². The molecule has 0 aliphatic rings. The Hall–Kier alpha value is -3.38. The highest BCUT2D eigenvalue weighted by Crippen LogP contribution is 2.44. The van der Waals surface area contributed by atoms with Gasteiger partial charge in [0.15, 0.2) is 0 Å². The maximum Gasteiger partial charge on any atom is -0.00642 e. The molecule has 0 saturated carbocycles. The van der Waals surface area contributed by atoms with Gasteiger partial charge in [0.05, 0.1) is 0 Å². The molecule has 5 aromatic carbocycles. The maximum absolute atomic E-state index is 2.43. The van der Waals surface area contributed by atoms with Crippen LogP contribution in [0.3, 0.4) is 0 Å². The summed E-state index contributed by atoms with van der Waals surface area (Å²) in [6, 6.07) is 35.5. The lowest BCUT2D eigenvalue weighted by molar-refractivity contribution is 0.720. The van der Waals surface area contributed by atoms with E-state index in [4.69, 9.17) is 0 Å². The molecule has 0 aromatic heterocycles. The second kappa shape index (κ2) is 9.01. The van der Waals surface area contributed by atoms with Crippen LogP contribution < -0.4 is 0 Å². The third-order valence-corrected chi connectivity index (χ3v) is 6.70. The van der Waals surface area contributed by atoms with Crippen molar-refractivity contribution in [1.29, 1.82) is 0 Å². The summed E-state index contributed by atoms with van der Waals surface area (Å²) in [6.07, 6.45) is 4.82. The average molecular weight is 415 g/mol. The molecule has 0 heterocycles. The van der Waals surface area contributed by atoms with Gasteiger partial charge in [-0.1, -0.05) is 105 Å². The number of rotatable bonds is 6. The van der Waals surface area contributed by atoms with Crippen LogP contribution in [0.4, 0.5) is 0 Å². The quantitative estimate of drug-likeness (QED) is 0.192. The van der Waals surface area contributed by atoms with Gasteiger partial charge in [0.25, 0.3) is 0 Å². The van der Waals surface area contributed by atoms with Gasteiger partial charge in [0.2, 0.25) is 0 Å². The summed E-state index contributed by atoms with van der Waals surface area (Å²) in [7, 11) is 0. The van der Waals surface area contributed by atoms with Crippen LogP contribution in [0, 0.1) is 6.92 Å². The molecule has 0 aliphatic carbocycles. The summed E-state index contributed by atoms with van der Waals surface area (Å²) in [5.41, 5.74) is 8.27. The number of hydrogen-bond acceptors (Lipinski definition) is 0. The number of benzene rings is 5. The first-order chi connectivity index (χ1) is 15.8. The lowest BCUT2D eigenvalue weighted by atomic mass is 9.81. The molecule has 0 nitrogen and oxygen atoms in total. The van der Waals surface area contributed by atoms with Crippen molar-refractivity contribution in [3.8, 4) is 22.3 Å². The average Bonchev–Trinajstić information content (AvgIpc) is 2.85. The zero-order valence-electron chi connectivity index (χ0n) is 19.1. The minimum atomic E-state index is 1.10. The van der Waals surface area contributed by atoms with Gasteiger partial charge < -0.3 is 0 Å². The molecular formula is C32H30. The summed E-state index contributed by atoms with van der Waals surface area (Å²) in [4.78, 5) is 0. The smallest absolute Gasteiger partial charge is 0.00642 e. The third-order valence-electron chi connectivity index (χ3n) is 6.70. The van der Waals surface area contributed by atoms with E-state index < -0.39 is 0 Å². The highest BCUT2D eigenvalue weighted by atomic mass is 14.2. The summed E-state index contributed by atoms with van der Waals surface area (Å²) in [5, 5.41) is 5.43. The molecule has 0 heteroatoms. The van der Waals surface area contributed by atoms with Gasteiger partial charge >= 0.3 is 0 Å². The van der Waals surface area contributed by atoms with Crippen LogP contribution in [0.5, 0.6) is 0 Å². The van der Waals surface area contributed by atoms with Gasteiger partial charge in [-0.25, -0.2) is 0 Å². The van der Waals surface area contributed by atoms with Crippen LogP contribution in [-0.2, 0) is 6.42 Å². The van der Waals surface area contributed by atoms with E-state index >= 15 is 0 Å². The molecule has 5 rings (SSSR count). The van der Waals surface area contributed by atoms with Crippen molar-refractivity contribution in [2.24, 2.45) is 0 Å². The van der Waals surface area contributed by atoms with Crippen LogP contribution in [-0.4, -0.2) is 0 Å². The van der Waals surface area contributed by atoms with Crippen molar-refractivity contribution >= 4 is 21.5 Å². The van der Waals surface area contributed by atoms with E-state index in [0.29, 0.717) is 0 Å². The molecule has 0 atom stereocenters. The van der Waals surface area contributed by atoms with E-state index in [9.17, 15) is 0 Å². The van der Waals surface area contributed by atoms with Crippen LogP contribution in [0.25, 0.3) is 43.8 Å². The molecule has 0 spiro atoms. The standard InChI is InChI=1S/C32H30/c1-3-4-7-20-28-30-22-27-19-13-12-18-26(27)21-29(30)23(2)31(24-14-8-5-9-15-24)32(28)25-16-10-6-11-17-25/h5-6,8-19,21-22H,3-4,7,20H2,1-2H3. The second-order valence-corrected chi connectivity index (χ2v) is 8.79. The Morgan fingerprint density at radius 1 is 0.562 bits per heavy atom. The minimum absolute atomic E-state index is 1.10. The number of fused-ring (bicyclic) bond motifs is 2. The Morgan fingerprint density at radius 3 is 1.69 bits per heavy atom. The molecule has 5 aromatic rings. The van der Waals surface area contributed by atoms with Crippen molar-refractivity contribution in [3.05, 3.63) is 108 Å². The topological polar surface area (TPSA) is 0 Å². The zero-order chi connectivity index (χ0) is 21.9. The van der Waals surface area contributed by atoms with E-state index in [1.54, 1.807) is 0 Å². The van der Waals surface area contributed by atoms with E-state index in [2.05, 4.69) is 111 Å². The van der Waals surface area contributed by atoms with Gasteiger partial charge in [-0.15, -0.1) is 0 Å². The Labute approximate surface area is 191 Å². The predicted octanol–water partition coefficient (Wildman–Crippen LogP) is 9.37. The first-order valence-electron chi connectivity index (χ1n) is 11.9. The highest BCUT2D eigenvalue weighted by Gasteiger charge is 2.20. The van der Waals surface area contributed by atoms with Crippen molar-refractivity contribution in [2.75, 3.05) is 0 Å². The molecule has 0 saturated heterocycles. The molecule has 0 radical (unpaired) electrons. The molecule has 32 heavy (non-hydrogen) atoms. The fourth-order valence-electron chi connectivity index (χ4n) is 5.11. The summed E-state index contributed by atoms with van der Waals surface area (Å²) < 4.78 is 0. The fraction of sp³-hybridized carbons (Fsp3) is 0.188. The summed E-state index contributed by atoms with van der Waals surface area (Å²) >= 11 is 0. The largest absolute Gasteiger partial charge is 0.0654 e. The van der Waals surface area contributed by atoms with Crippen molar-refractivity contribution in [1.82, 2.24) is 0 Å². The van der Waals surface area contributed by atoms with Gasteiger partial charge in [0.1, 0.15) is 0 Å². The molecule has 0 bridgehead atoms. The van der Waals surface area contributed by atoms with Crippen molar-refractivity contribution < 1.29 is 0 Å². The number of aryl methyl sites for hydroxylation is 2. The summed E-state index contributed by atoms with van der Waals surface area (Å²) in [5.74, 6) is 0. The van der Waals surface area contributed by atoms with Gasteiger partial charge in [-0.05, 0) is 86.8 Å². The second-order valence-electron chi connectivity index (χ2n) is 8.79. The van der Waals surface area contributed by atoms with Crippen LogP contribution in [0.15, 0.2) is 97.1 Å². The molecule has 0 amide bonds. The molecule has 0 fully saturated rings. The Kier molecular flexibility index (Phi) is 5.77. The Morgan fingerprint density at radius 2 is 1.09 bits per heavy atom. The van der Waals surface area contributed by atoms with Crippen LogP contribution >= 0.6 is 0 Å². The van der Waals surface area contributed by atoms with Gasteiger partial charge in [0, 0.05) is 0 Å². The Bertz CT molecular complexity index is 1360. The van der Waals surface area contributed by atoms with E-state index in [-0.39, 0.29) is 0 Å². The number of hydrogen-bond donors (Lipinski definition) is 0. The maximum atomic E-state index is 2.43. The van der Waals surface area contributed by atoms with E-state index in [1.807, 2.05) is 0 Å². The normalized spacial score (nSPS) is 11.3. The summed E-state index contributed by atoms with van der Waals surface area (Å²) in [6.45, 7) is 4.59. The SMILES string of the molecule is CCCCCc1c(-c2ccccc2)c(-c2ccccc2)c(C)c2cc3ccccc3cc12. The van der Waals surface area contributed by atoms with Crippen molar-refractivity contribution in [2.45, 2.75) is 39.5 Å². The Balaban J connectivity index is 1.93. The molecule has 158 valence electrons. The lowest BCUT2D eigenvalue weighted by Gasteiger charge is -2.23. The van der Waals surface area contributed by atoms with Crippen LogP contribution in [0.2, 0.25) is 0 Å². The highest BCUT2D eigenvalue weighted by molar-refractivity contribution is 6.08. The van der Waals surface area contributed by atoms with Gasteiger partial charge in [-0.3, -0.25) is 0 Å². The van der Waals surface area contributed by atoms with Gasteiger partial charge in [-0.2, -0.15) is 0 Å². The lowest BCUT2D eigenvalue weighted by Crippen LogP contribution is -2.00. The first-order valence-corrected chi connectivity index (χ1v) is 11.9. The fourth-order valence-corrected chi connectivity index (χ4v) is 5.11. The monoisotopic (exact) mass is 414 g/mol. The number of unbranched alkanes of at least 4 members (excludes halogenated alkanes) is 2. The van der Waals surface area contributed by atoms with Crippen molar-refractivity contribution in [3.63, 3.8) is 0 Å². The van der Waals surface area contributed by atoms with Crippen LogP contribution in [0.1, 0.15) is 37.3 Å².